The molecule has 2 aromatic carbocycles. The maximum absolute atomic E-state index is 12.9. The normalized spacial score (nSPS) is 12.0. The summed E-state index contributed by atoms with van der Waals surface area (Å²) < 4.78 is 11.0. The number of amides is 1. The molecule has 1 aromatic heterocycles. The first-order chi connectivity index (χ1) is 13.9. The first-order valence-corrected chi connectivity index (χ1v) is 9.59. The van der Waals surface area contributed by atoms with Crippen LogP contribution in [0.25, 0.3) is 0 Å². The first-order valence-electron chi connectivity index (χ1n) is 9.59. The molecule has 0 unspecified atom stereocenters. The molecule has 29 heavy (non-hydrogen) atoms. The Morgan fingerprint density at radius 3 is 2.55 bits per heavy atom. The molecule has 0 aliphatic carbocycles. The SMILES string of the molecule is Cc1noc(C)c1COc1cccc(C(=O)N[C@@H](CN(C)C)c2ccccc2)c1. The van der Waals surface area contributed by atoms with E-state index in [-0.39, 0.29) is 11.9 Å². The number of hydrogen-bond acceptors (Lipinski definition) is 5. The zero-order valence-electron chi connectivity index (χ0n) is 17.3. The van der Waals surface area contributed by atoms with E-state index in [1.165, 1.54) is 0 Å². The van der Waals surface area contributed by atoms with Gasteiger partial charge in [0.05, 0.1) is 17.3 Å². The molecule has 152 valence electrons. The maximum atomic E-state index is 12.9. The second kappa shape index (κ2) is 9.39. The summed E-state index contributed by atoms with van der Waals surface area (Å²) in [5, 5.41) is 7.07. The van der Waals surface area contributed by atoms with Crippen LogP contribution in [0.1, 0.15) is 39.0 Å². The van der Waals surface area contributed by atoms with Crippen molar-refractivity contribution in [2.24, 2.45) is 0 Å². The minimum atomic E-state index is -0.136. The summed E-state index contributed by atoms with van der Waals surface area (Å²) in [6, 6.07) is 17.1. The van der Waals surface area contributed by atoms with Crippen molar-refractivity contribution in [3.63, 3.8) is 0 Å². The highest BCUT2D eigenvalue weighted by molar-refractivity contribution is 5.94. The molecule has 0 aliphatic rings. The lowest BCUT2D eigenvalue weighted by molar-refractivity contribution is 0.0929. The van der Waals surface area contributed by atoms with Gasteiger partial charge in [0.25, 0.3) is 5.91 Å². The average Bonchev–Trinajstić information content (AvgIpc) is 3.04. The predicted molar refractivity (Wildman–Crippen MR) is 112 cm³/mol. The zero-order valence-corrected chi connectivity index (χ0v) is 17.3. The minimum absolute atomic E-state index is 0.106. The maximum Gasteiger partial charge on any atom is 0.251 e. The van der Waals surface area contributed by atoms with Crippen LogP contribution in [0.3, 0.4) is 0 Å². The monoisotopic (exact) mass is 393 g/mol. The number of ether oxygens (including phenoxy) is 1. The van der Waals surface area contributed by atoms with Gasteiger partial charge in [-0.05, 0) is 51.7 Å². The number of likely N-dealkylation sites (N-methyl/N-ethyl adjacent to an activating group) is 1. The Morgan fingerprint density at radius 1 is 1.14 bits per heavy atom. The van der Waals surface area contributed by atoms with Gasteiger partial charge < -0.3 is 19.5 Å². The van der Waals surface area contributed by atoms with Crippen LogP contribution < -0.4 is 10.1 Å². The second-order valence-electron chi connectivity index (χ2n) is 7.32. The van der Waals surface area contributed by atoms with Gasteiger partial charge in [-0.15, -0.1) is 0 Å². The summed E-state index contributed by atoms with van der Waals surface area (Å²) in [4.78, 5) is 14.9. The minimum Gasteiger partial charge on any atom is -0.489 e. The molecule has 1 amide bonds. The molecule has 0 fully saturated rings. The summed E-state index contributed by atoms with van der Waals surface area (Å²) in [6.07, 6.45) is 0. The second-order valence-corrected chi connectivity index (χ2v) is 7.32. The number of aromatic nitrogens is 1. The predicted octanol–water partition coefficient (Wildman–Crippen LogP) is 3.90. The molecule has 0 saturated carbocycles. The van der Waals surface area contributed by atoms with E-state index in [0.29, 0.717) is 24.5 Å². The van der Waals surface area contributed by atoms with Crippen LogP contribution in [-0.2, 0) is 6.61 Å². The molecule has 1 atom stereocenters. The van der Waals surface area contributed by atoms with E-state index in [1.807, 2.05) is 70.4 Å². The highest BCUT2D eigenvalue weighted by Crippen LogP contribution is 2.20. The number of aryl methyl sites for hydroxylation is 2. The van der Waals surface area contributed by atoms with Crippen molar-refractivity contribution in [1.29, 1.82) is 0 Å². The Morgan fingerprint density at radius 2 is 1.90 bits per heavy atom. The Balaban J connectivity index is 1.70. The number of benzene rings is 2. The average molecular weight is 393 g/mol. The number of nitrogens with one attached hydrogen (secondary N) is 1. The lowest BCUT2D eigenvalue weighted by Gasteiger charge is -2.23. The fourth-order valence-electron chi connectivity index (χ4n) is 3.12. The molecular formula is C23H27N3O3. The van der Waals surface area contributed by atoms with Gasteiger partial charge >= 0.3 is 0 Å². The number of hydrogen-bond donors (Lipinski definition) is 1. The third-order valence-corrected chi connectivity index (χ3v) is 4.72. The highest BCUT2D eigenvalue weighted by atomic mass is 16.5. The summed E-state index contributed by atoms with van der Waals surface area (Å²) in [6.45, 7) is 4.79. The van der Waals surface area contributed by atoms with Crippen molar-refractivity contribution in [2.45, 2.75) is 26.5 Å². The molecule has 6 heteroatoms. The third kappa shape index (κ3) is 5.45. The fourth-order valence-corrected chi connectivity index (χ4v) is 3.12. The van der Waals surface area contributed by atoms with E-state index >= 15 is 0 Å². The smallest absolute Gasteiger partial charge is 0.251 e. The fraction of sp³-hybridized carbons (Fsp3) is 0.304. The van der Waals surface area contributed by atoms with Crippen molar-refractivity contribution in [3.8, 4) is 5.75 Å². The van der Waals surface area contributed by atoms with Crippen LogP contribution in [-0.4, -0.2) is 36.6 Å². The Bertz CT molecular complexity index is 932. The van der Waals surface area contributed by atoms with E-state index in [1.54, 1.807) is 12.1 Å². The van der Waals surface area contributed by atoms with E-state index in [0.717, 1.165) is 22.6 Å². The van der Waals surface area contributed by atoms with Crippen molar-refractivity contribution in [2.75, 3.05) is 20.6 Å². The van der Waals surface area contributed by atoms with Crippen LogP contribution in [0.2, 0.25) is 0 Å². The van der Waals surface area contributed by atoms with Gasteiger partial charge in [0.1, 0.15) is 18.1 Å². The van der Waals surface area contributed by atoms with Crippen LogP contribution in [0.15, 0.2) is 59.1 Å². The van der Waals surface area contributed by atoms with Gasteiger partial charge in [-0.3, -0.25) is 4.79 Å². The standard InChI is InChI=1S/C23H27N3O3/c1-16-21(17(2)29-25-16)15-28-20-12-8-11-19(13-20)23(27)24-22(14-26(3)4)18-9-6-5-7-10-18/h5-13,22H,14-15H2,1-4H3,(H,24,27)/t22-/m0/s1. The van der Waals surface area contributed by atoms with Gasteiger partial charge in [0, 0.05) is 12.1 Å². The van der Waals surface area contributed by atoms with Gasteiger partial charge in [0.15, 0.2) is 0 Å². The van der Waals surface area contributed by atoms with E-state index < -0.39 is 0 Å². The molecule has 1 N–H and O–H groups in total. The Hall–Kier alpha value is -3.12. The summed E-state index contributed by atoms with van der Waals surface area (Å²) >= 11 is 0. The summed E-state index contributed by atoms with van der Waals surface area (Å²) in [5.74, 6) is 1.23. The summed E-state index contributed by atoms with van der Waals surface area (Å²) in [5.41, 5.74) is 3.36. The largest absolute Gasteiger partial charge is 0.489 e. The molecule has 6 nitrogen and oxygen atoms in total. The number of rotatable bonds is 8. The van der Waals surface area contributed by atoms with Crippen LogP contribution in [0.4, 0.5) is 0 Å². The topological polar surface area (TPSA) is 67.6 Å². The van der Waals surface area contributed by atoms with Gasteiger partial charge in [0.2, 0.25) is 0 Å². The lowest BCUT2D eigenvalue weighted by Crippen LogP contribution is -2.35. The van der Waals surface area contributed by atoms with Crippen molar-refractivity contribution in [1.82, 2.24) is 15.4 Å². The third-order valence-electron chi connectivity index (χ3n) is 4.72. The molecule has 3 rings (SSSR count). The highest BCUT2D eigenvalue weighted by Gasteiger charge is 2.17. The van der Waals surface area contributed by atoms with Crippen LogP contribution >= 0.6 is 0 Å². The van der Waals surface area contributed by atoms with Crippen molar-refractivity contribution >= 4 is 5.91 Å². The molecule has 3 aromatic rings. The molecule has 0 spiro atoms. The summed E-state index contributed by atoms with van der Waals surface area (Å²) in [7, 11) is 3.98. The molecule has 0 aliphatic heterocycles. The van der Waals surface area contributed by atoms with Crippen molar-refractivity contribution in [3.05, 3.63) is 82.7 Å². The molecule has 0 saturated heterocycles. The molecule has 0 radical (unpaired) electrons. The van der Waals surface area contributed by atoms with E-state index in [9.17, 15) is 4.79 Å². The molecule has 0 bridgehead atoms. The first kappa shape index (κ1) is 20.6. The van der Waals surface area contributed by atoms with Crippen LogP contribution in [0, 0.1) is 13.8 Å². The van der Waals surface area contributed by atoms with E-state index in [2.05, 4.69) is 15.4 Å². The van der Waals surface area contributed by atoms with Gasteiger partial charge in [-0.2, -0.15) is 0 Å². The Labute approximate surface area is 171 Å². The number of carbonyl (C=O) groups is 1. The van der Waals surface area contributed by atoms with Crippen LogP contribution in [0.5, 0.6) is 5.75 Å². The number of nitrogens with zero attached hydrogens (tertiary/aromatic N) is 2. The molecular weight excluding hydrogens is 366 g/mol. The van der Waals surface area contributed by atoms with Gasteiger partial charge in [-0.25, -0.2) is 0 Å². The quantitative estimate of drug-likeness (QED) is 0.629. The Kier molecular flexibility index (Phi) is 6.67. The van der Waals surface area contributed by atoms with Gasteiger partial charge in [-0.1, -0.05) is 41.6 Å². The molecule has 1 heterocycles. The lowest BCUT2D eigenvalue weighted by atomic mass is 10.1. The van der Waals surface area contributed by atoms with E-state index in [4.69, 9.17) is 9.26 Å². The number of carbonyl (C=O) groups excluding carboxylic acids is 1. The van der Waals surface area contributed by atoms with Crippen molar-refractivity contribution < 1.29 is 14.1 Å². The zero-order chi connectivity index (χ0) is 20.8.